The minimum absolute atomic E-state index is 0.254. The average Bonchev–Trinajstić information content (AvgIpc) is 2.82. The molecule has 2 heterocycles. The molecule has 1 atom stereocenters. The highest BCUT2D eigenvalue weighted by atomic mass is 15.3. The SMILES string of the molecule is CC(C)(C)N1CCCC1c1ccn(C2CC2)n1. The van der Waals surface area contributed by atoms with E-state index in [4.69, 9.17) is 5.10 Å². The third-order valence-corrected chi connectivity index (χ3v) is 4.01. The van der Waals surface area contributed by atoms with Crippen LogP contribution in [0.5, 0.6) is 0 Å². The van der Waals surface area contributed by atoms with Crippen molar-refractivity contribution in [3.63, 3.8) is 0 Å². The van der Waals surface area contributed by atoms with Gasteiger partial charge in [-0.05, 0) is 59.1 Å². The predicted octanol–water partition coefficient (Wildman–Crippen LogP) is 3.15. The lowest BCUT2D eigenvalue weighted by Gasteiger charge is -2.36. The maximum absolute atomic E-state index is 4.79. The Morgan fingerprint density at radius 2 is 2.00 bits per heavy atom. The van der Waals surface area contributed by atoms with E-state index in [1.807, 2.05) is 0 Å². The van der Waals surface area contributed by atoms with E-state index < -0.39 is 0 Å². The minimum atomic E-state index is 0.254. The standard InChI is InChI=1S/C14H23N3/c1-14(2,3)16-9-4-5-13(16)12-8-10-17(15-12)11-6-7-11/h8,10-11,13H,4-7,9H2,1-3H3. The van der Waals surface area contributed by atoms with Crippen LogP contribution in [0.15, 0.2) is 12.3 Å². The summed E-state index contributed by atoms with van der Waals surface area (Å²) in [7, 11) is 0. The molecule has 1 aromatic rings. The average molecular weight is 233 g/mol. The fourth-order valence-electron chi connectivity index (χ4n) is 2.95. The van der Waals surface area contributed by atoms with E-state index in [-0.39, 0.29) is 5.54 Å². The minimum Gasteiger partial charge on any atom is -0.290 e. The molecule has 0 amide bonds. The first-order valence-corrected chi connectivity index (χ1v) is 6.87. The molecule has 0 radical (unpaired) electrons. The summed E-state index contributed by atoms with van der Waals surface area (Å²) >= 11 is 0. The zero-order chi connectivity index (χ0) is 12.0. The van der Waals surface area contributed by atoms with E-state index in [0.717, 1.165) is 0 Å². The van der Waals surface area contributed by atoms with Crippen molar-refractivity contribution in [2.24, 2.45) is 0 Å². The summed E-state index contributed by atoms with van der Waals surface area (Å²) in [6.07, 6.45) is 7.37. The van der Waals surface area contributed by atoms with Gasteiger partial charge in [0, 0.05) is 11.7 Å². The van der Waals surface area contributed by atoms with Crippen molar-refractivity contribution in [2.75, 3.05) is 6.54 Å². The molecule has 94 valence electrons. The topological polar surface area (TPSA) is 21.1 Å². The first-order valence-electron chi connectivity index (χ1n) is 6.87. The molecule has 0 aromatic carbocycles. The van der Waals surface area contributed by atoms with Crippen molar-refractivity contribution in [1.82, 2.24) is 14.7 Å². The van der Waals surface area contributed by atoms with Gasteiger partial charge in [0.1, 0.15) is 0 Å². The molecule has 1 aliphatic heterocycles. The van der Waals surface area contributed by atoms with Gasteiger partial charge in [0.25, 0.3) is 0 Å². The van der Waals surface area contributed by atoms with Gasteiger partial charge in [-0.1, -0.05) is 0 Å². The molecular weight excluding hydrogens is 210 g/mol. The van der Waals surface area contributed by atoms with Crippen LogP contribution in [0, 0.1) is 0 Å². The van der Waals surface area contributed by atoms with Gasteiger partial charge >= 0.3 is 0 Å². The number of rotatable bonds is 2. The molecule has 0 bridgehead atoms. The smallest absolute Gasteiger partial charge is 0.0796 e. The van der Waals surface area contributed by atoms with Crippen molar-refractivity contribution < 1.29 is 0 Å². The van der Waals surface area contributed by atoms with Crippen LogP contribution in [0.25, 0.3) is 0 Å². The molecule has 0 N–H and O–H groups in total. The van der Waals surface area contributed by atoms with E-state index in [1.165, 1.54) is 37.9 Å². The van der Waals surface area contributed by atoms with Crippen molar-refractivity contribution in [2.45, 2.75) is 64.1 Å². The van der Waals surface area contributed by atoms with Crippen LogP contribution < -0.4 is 0 Å². The number of hydrogen-bond acceptors (Lipinski definition) is 2. The van der Waals surface area contributed by atoms with Gasteiger partial charge in [-0.2, -0.15) is 5.10 Å². The molecular formula is C14H23N3. The molecule has 1 aliphatic carbocycles. The van der Waals surface area contributed by atoms with Crippen LogP contribution in [0.2, 0.25) is 0 Å². The van der Waals surface area contributed by atoms with Crippen molar-refractivity contribution in [1.29, 1.82) is 0 Å². The molecule has 3 heteroatoms. The second-order valence-electron chi connectivity index (χ2n) is 6.47. The van der Waals surface area contributed by atoms with Crippen LogP contribution in [0.4, 0.5) is 0 Å². The Morgan fingerprint density at radius 1 is 1.24 bits per heavy atom. The van der Waals surface area contributed by atoms with Gasteiger partial charge in [0.15, 0.2) is 0 Å². The maximum Gasteiger partial charge on any atom is 0.0796 e. The van der Waals surface area contributed by atoms with E-state index in [9.17, 15) is 0 Å². The third kappa shape index (κ3) is 2.13. The van der Waals surface area contributed by atoms with Crippen LogP contribution in [0.3, 0.4) is 0 Å². The monoisotopic (exact) mass is 233 g/mol. The Balaban J connectivity index is 1.81. The Morgan fingerprint density at radius 3 is 2.65 bits per heavy atom. The second-order valence-corrected chi connectivity index (χ2v) is 6.47. The summed E-state index contributed by atoms with van der Waals surface area (Å²) in [6.45, 7) is 8.14. The van der Waals surface area contributed by atoms with Gasteiger partial charge in [-0.3, -0.25) is 9.58 Å². The van der Waals surface area contributed by atoms with Crippen molar-refractivity contribution >= 4 is 0 Å². The third-order valence-electron chi connectivity index (χ3n) is 4.01. The van der Waals surface area contributed by atoms with Crippen LogP contribution in [-0.4, -0.2) is 26.8 Å². The van der Waals surface area contributed by atoms with Gasteiger partial charge < -0.3 is 0 Å². The molecule has 1 saturated carbocycles. The Bertz CT molecular complexity index is 398. The molecule has 17 heavy (non-hydrogen) atoms. The normalized spacial score (nSPS) is 26.6. The summed E-state index contributed by atoms with van der Waals surface area (Å²) in [5.41, 5.74) is 1.54. The first kappa shape index (κ1) is 11.3. The first-order chi connectivity index (χ1) is 8.05. The fraction of sp³-hybridized carbons (Fsp3) is 0.786. The number of aromatic nitrogens is 2. The highest BCUT2D eigenvalue weighted by Gasteiger charge is 2.35. The summed E-state index contributed by atoms with van der Waals surface area (Å²) in [5, 5.41) is 4.79. The molecule has 1 unspecified atom stereocenters. The zero-order valence-corrected chi connectivity index (χ0v) is 11.2. The highest BCUT2D eigenvalue weighted by Crippen LogP contribution is 2.38. The molecule has 3 rings (SSSR count). The van der Waals surface area contributed by atoms with E-state index in [1.54, 1.807) is 0 Å². The van der Waals surface area contributed by atoms with Gasteiger partial charge in [-0.15, -0.1) is 0 Å². The van der Waals surface area contributed by atoms with Gasteiger partial charge in [0.05, 0.1) is 17.8 Å². The lowest BCUT2D eigenvalue weighted by atomic mass is 10.0. The summed E-state index contributed by atoms with van der Waals surface area (Å²) in [4.78, 5) is 2.60. The summed E-state index contributed by atoms with van der Waals surface area (Å²) in [6, 6.07) is 3.47. The molecule has 2 aliphatic rings. The maximum atomic E-state index is 4.79. The number of hydrogen-bond donors (Lipinski definition) is 0. The van der Waals surface area contributed by atoms with Crippen LogP contribution >= 0.6 is 0 Å². The molecule has 2 fully saturated rings. The highest BCUT2D eigenvalue weighted by molar-refractivity contribution is 5.10. The van der Waals surface area contributed by atoms with E-state index in [0.29, 0.717) is 12.1 Å². The van der Waals surface area contributed by atoms with E-state index >= 15 is 0 Å². The van der Waals surface area contributed by atoms with Gasteiger partial charge in [0.2, 0.25) is 0 Å². The van der Waals surface area contributed by atoms with Crippen LogP contribution in [0.1, 0.15) is 64.2 Å². The lowest BCUT2D eigenvalue weighted by Crippen LogP contribution is -2.40. The number of nitrogens with zero attached hydrogens (tertiary/aromatic N) is 3. The van der Waals surface area contributed by atoms with Crippen molar-refractivity contribution in [3.05, 3.63) is 18.0 Å². The fourth-order valence-corrected chi connectivity index (χ4v) is 2.95. The van der Waals surface area contributed by atoms with Crippen LogP contribution in [-0.2, 0) is 0 Å². The quantitative estimate of drug-likeness (QED) is 0.782. The Labute approximate surface area is 104 Å². The Hall–Kier alpha value is -0.830. The number of likely N-dealkylation sites (tertiary alicyclic amines) is 1. The van der Waals surface area contributed by atoms with E-state index in [2.05, 4.69) is 42.6 Å². The molecule has 1 aromatic heterocycles. The Kier molecular flexibility index (Phi) is 2.54. The van der Waals surface area contributed by atoms with Crippen molar-refractivity contribution in [3.8, 4) is 0 Å². The predicted molar refractivity (Wildman–Crippen MR) is 68.9 cm³/mol. The second kappa shape index (κ2) is 3.84. The van der Waals surface area contributed by atoms with Gasteiger partial charge in [-0.25, -0.2) is 0 Å². The molecule has 1 saturated heterocycles. The zero-order valence-electron chi connectivity index (χ0n) is 11.2. The molecule has 3 nitrogen and oxygen atoms in total. The summed E-state index contributed by atoms with van der Waals surface area (Å²) in [5.74, 6) is 0. The summed E-state index contributed by atoms with van der Waals surface area (Å²) < 4.78 is 2.18. The molecule has 0 spiro atoms. The lowest BCUT2D eigenvalue weighted by molar-refractivity contribution is 0.119. The largest absolute Gasteiger partial charge is 0.290 e.